The van der Waals surface area contributed by atoms with Crippen LogP contribution in [0.5, 0.6) is 0 Å². The standard InChI is InChI=1S/C20H30O2/c1-5-9-19(10-6-2)14-17(13-18(21)22)15-20(16-19,11-7-3)12-8-4/h5-12,17H,13-16H2,1-4H3,(H,21,22). The first-order chi connectivity index (χ1) is 10.4. The Balaban J connectivity index is 3.31. The van der Waals surface area contributed by atoms with E-state index < -0.39 is 5.97 Å². The third-order valence-electron chi connectivity index (χ3n) is 4.45. The van der Waals surface area contributed by atoms with Crippen molar-refractivity contribution in [2.24, 2.45) is 16.7 Å². The zero-order valence-corrected chi connectivity index (χ0v) is 14.4. The van der Waals surface area contributed by atoms with Crippen molar-refractivity contribution in [3.8, 4) is 0 Å². The molecule has 2 nitrogen and oxygen atoms in total. The lowest BCUT2D eigenvalue weighted by Gasteiger charge is -2.46. The molecule has 2 heteroatoms. The summed E-state index contributed by atoms with van der Waals surface area (Å²) in [4.78, 5) is 11.2. The molecular weight excluding hydrogens is 272 g/mol. The highest BCUT2D eigenvalue weighted by atomic mass is 16.4. The summed E-state index contributed by atoms with van der Waals surface area (Å²) in [6, 6.07) is 0. The van der Waals surface area contributed by atoms with Gasteiger partial charge in [0.15, 0.2) is 0 Å². The average molecular weight is 302 g/mol. The minimum atomic E-state index is -0.698. The summed E-state index contributed by atoms with van der Waals surface area (Å²) in [5.41, 5.74) is -0.109. The van der Waals surface area contributed by atoms with E-state index in [1.807, 2.05) is 27.7 Å². The van der Waals surface area contributed by atoms with Gasteiger partial charge in [0, 0.05) is 17.3 Å². The summed E-state index contributed by atoms with van der Waals surface area (Å²) in [7, 11) is 0. The summed E-state index contributed by atoms with van der Waals surface area (Å²) in [6.45, 7) is 8.16. The first-order valence-electron chi connectivity index (χ1n) is 8.22. The molecule has 0 aromatic rings. The molecule has 1 fully saturated rings. The molecule has 1 rings (SSSR count). The van der Waals surface area contributed by atoms with Crippen LogP contribution in [0.4, 0.5) is 0 Å². The monoisotopic (exact) mass is 302 g/mol. The van der Waals surface area contributed by atoms with Crippen molar-refractivity contribution in [2.75, 3.05) is 0 Å². The normalized spacial score (nSPS) is 33.5. The quantitative estimate of drug-likeness (QED) is 0.654. The molecule has 0 unspecified atom stereocenters. The third kappa shape index (κ3) is 4.72. The Morgan fingerprint density at radius 1 is 0.909 bits per heavy atom. The maximum Gasteiger partial charge on any atom is 0.303 e. The average Bonchev–Trinajstić information content (AvgIpc) is 2.38. The highest BCUT2D eigenvalue weighted by molar-refractivity contribution is 5.67. The van der Waals surface area contributed by atoms with E-state index in [2.05, 4.69) is 48.6 Å². The smallest absolute Gasteiger partial charge is 0.303 e. The summed E-state index contributed by atoms with van der Waals surface area (Å²) < 4.78 is 0. The number of rotatable bonds is 6. The summed E-state index contributed by atoms with van der Waals surface area (Å²) in [5, 5.41) is 9.25. The molecule has 0 aromatic carbocycles. The molecule has 0 radical (unpaired) electrons. The minimum absolute atomic E-state index is 0.0547. The number of aliphatic carboxylic acids is 1. The lowest BCUT2D eigenvalue weighted by atomic mass is 9.57. The Labute approximate surface area is 135 Å². The van der Waals surface area contributed by atoms with E-state index in [1.54, 1.807) is 0 Å². The van der Waals surface area contributed by atoms with E-state index in [0.717, 1.165) is 19.3 Å². The summed E-state index contributed by atoms with van der Waals surface area (Å²) in [6.07, 6.45) is 20.5. The molecule has 122 valence electrons. The van der Waals surface area contributed by atoms with Gasteiger partial charge in [0.2, 0.25) is 0 Å². The molecule has 0 heterocycles. The van der Waals surface area contributed by atoms with Crippen molar-refractivity contribution in [1.29, 1.82) is 0 Å². The molecule has 0 aromatic heterocycles. The molecule has 1 N–H and O–H groups in total. The van der Waals surface area contributed by atoms with Gasteiger partial charge in [-0.1, -0.05) is 48.6 Å². The fraction of sp³-hybridized carbons (Fsp3) is 0.550. The number of allylic oxidation sites excluding steroid dienone is 8. The second-order valence-corrected chi connectivity index (χ2v) is 6.52. The molecule has 0 spiro atoms. The van der Waals surface area contributed by atoms with Gasteiger partial charge in [-0.3, -0.25) is 4.79 Å². The molecule has 0 saturated heterocycles. The van der Waals surface area contributed by atoms with E-state index in [-0.39, 0.29) is 23.2 Å². The van der Waals surface area contributed by atoms with E-state index in [0.29, 0.717) is 0 Å². The van der Waals surface area contributed by atoms with Gasteiger partial charge in [0.25, 0.3) is 0 Å². The van der Waals surface area contributed by atoms with Crippen molar-refractivity contribution < 1.29 is 9.90 Å². The van der Waals surface area contributed by atoms with Crippen molar-refractivity contribution >= 4 is 5.97 Å². The van der Waals surface area contributed by atoms with Crippen LogP contribution in [0.15, 0.2) is 48.6 Å². The van der Waals surface area contributed by atoms with Gasteiger partial charge in [-0.15, -0.1) is 0 Å². The number of hydrogen-bond acceptors (Lipinski definition) is 1. The van der Waals surface area contributed by atoms with Crippen LogP contribution in [0.2, 0.25) is 0 Å². The van der Waals surface area contributed by atoms with Crippen LogP contribution in [-0.2, 0) is 4.79 Å². The molecule has 22 heavy (non-hydrogen) atoms. The molecule has 0 atom stereocenters. The topological polar surface area (TPSA) is 37.3 Å². The van der Waals surface area contributed by atoms with Gasteiger partial charge >= 0.3 is 5.97 Å². The predicted molar refractivity (Wildman–Crippen MR) is 93.7 cm³/mol. The SMILES string of the molecule is CC=CC1(C=CC)CC(CC(=O)O)CC(C=CC)(C=CC)C1. The Morgan fingerprint density at radius 3 is 1.55 bits per heavy atom. The van der Waals surface area contributed by atoms with Crippen LogP contribution in [0.1, 0.15) is 53.4 Å². The van der Waals surface area contributed by atoms with Crippen molar-refractivity contribution in [1.82, 2.24) is 0 Å². The first-order valence-corrected chi connectivity index (χ1v) is 8.22. The van der Waals surface area contributed by atoms with Gasteiger partial charge in [-0.05, 0) is 52.9 Å². The maximum absolute atomic E-state index is 11.2. The molecule has 0 amide bonds. The number of carboxylic acid groups (broad SMARTS) is 1. The van der Waals surface area contributed by atoms with Crippen LogP contribution in [-0.4, -0.2) is 11.1 Å². The van der Waals surface area contributed by atoms with E-state index >= 15 is 0 Å². The van der Waals surface area contributed by atoms with Crippen LogP contribution in [0, 0.1) is 16.7 Å². The molecule has 1 saturated carbocycles. The van der Waals surface area contributed by atoms with Crippen LogP contribution in [0.25, 0.3) is 0 Å². The van der Waals surface area contributed by atoms with Crippen molar-refractivity contribution in [3.63, 3.8) is 0 Å². The Bertz CT molecular complexity index is 420. The Hall–Kier alpha value is -1.57. The van der Waals surface area contributed by atoms with Crippen molar-refractivity contribution in [3.05, 3.63) is 48.6 Å². The zero-order valence-electron chi connectivity index (χ0n) is 14.4. The lowest BCUT2D eigenvalue weighted by Crippen LogP contribution is -2.37. The van der Waals surface area contributed by atoms with Gasteiger partial charge in [0.05, 0.1) is 0 Å². The van der Waals surface area contributed by atoms with Gasteiger partial charge in [-0.2, -0.15) is 0 Å². The third-order valence-corrected chi connectivity index (χ3v) is 4.45. The molecule has 0 aliphatic heterocycles. The van der Waals surface area contributed by atoms with E-state index in [1.165, 1.54) is 0 Å². The van der Waals surface area contributed by atoms with E-state index in [9.17, 15) is 9.90 Å². The maximum atomic E-state index is 11.2. The summed E-state index contributed by atoms with van der Waals surface area (Å²) >= 11 is 0. The van der Waals surface area contributed by atoms with Crippen LogP contribution < -0.4 is 0 Å². The first kappa shape index (κ1) is 18.5. The molecule has 1 aliphatic rings. The number of hydrogen-bond donors (Lipinski definition) is 1. The molecular formula is C20H30O2. The van der Waals surface area contributed by atoms with Crippen LogP contribution >= 0.6 is 0 Å². The molecule has 0 bridgehead atoms. The highest BCUT2D eigenvalue weighted by Crippen LogP contribution is 2.53. The Morgan fingerprint density at radius 2 is 1.27 bits per heavy atom. The Kier molecular flexibility index (Phi) is 6.86. The largest absolute Gasteiger partial charge is 0.481 e. The minimum Gasteiger partial charge on any atom is -0.481 e. The fourth-order valence-corrected chi connectivity index (χ4v) is 4.24. The van der Waals surface area contributed by atoms with E-state index in [4.69, 9.17) is 0 Å². The molecule has 1 aliphatic carbocycles. The highest BCUT2D eigenvalue weighted by Gasteiger charge is 2.43. The second kappa shape index (κ2) is 8.17. The predicted octanol–water partition coefficient (Wildman–Crippen LogP) is 5.54. The van der Waals surface area contributed by atoms with Gasteiger partial charge < -0.3 is 5.11 Å². The summed E-state index contributed by atoms with van der Waals surface area (Å²) in [5.74, 6) is -0.511. The van der Waals surface area contributed by atoms with Crippen molar-refractivity contribution in [2.45, 2.75) is 53.4 Å². The lowest BCUT2D eigenvalue weighted by molar-refractivity contribution is -0.138. The number of carbonyl (C=O) groups is 1. The zero-order chi connectivity index (χ0) is 16.6. The van der Waals surface area contributed by atoms with Crippen LogP contribution in [0.3, 0.4) is 0 Å². The number of carboxylic acids is 1. The fourth-order valence-electron chi connectivity index (χ4n) is 4.24. The van der Waals surface area contributed by atoms with Gasteiger partial charge in [0.1, 0.15) is 0 Å². The van der Waals surface area contributed by atoms with Gasteiger partial charge in [-0.25, -0.2) is 0 Å². The second-order valence-electron chi connectivity index (χ2n) is 6.52.